The Morgan fingerprint density at radius 2 is 1.32 bits per heavy atom. The molecule has 126 valence electrons. The molecule has 0 aliphatic carbocycles. The lowest BCUT2D eigenvalue weighted by Gasteiger charge is -2.32. The van der Waals surface area contributed by atoms with Gasteiger partial charge in [-0.25, -0.2) is 0 Å². The van der Waals surface area contributed by atoms with Crippen molar-refractivity contribution in [2.75, 3.05) is 0 Å². The maximum Gasteiger partial charge on any atom is 0.497 e. The van der Waals surface area contributed by atoms with Crippen molar-refractivity contribution in [2.45, 2.75) is 38.9 Å². The Hall–Kier alpha value is -2.17. The molecule has 0 radical (unpaired) electrons. The highest BCUT2D eigenvalue weighted by atomic mass is 16.7. The van der Waals surface area contributed by atoms with Crippen molar-refractivity contribution < 1.29 is 9.31 Å². The molecule has 1 fully saturated rings. The van der Waals surface area contributed by atoms with Gasteiger partial charge in [0, 0.05) is 22.6 Å². The van der Waals surface area contributed by atoms with E-state index in [-0.39, 0.29) is 11.2 Å². The summed E-state index contributed by atoms with van der Waals surface area (Å²) >= 11 is 0. The van der Waals surface area contributed by atoms with Crippen LogP contribution in [-0.4, -0.2) is 23.3 Å². The summed E-state index contributed by atoms with van der Waals surface area (Å²) < 4.78 is 12.5. The number of aromatic nitrogens is 1. The van der Waals surface area contributed by atoms with Gasteiger partial charge < -0.3 is 9.31 Å². The maximum absolute atomic E-state index is 6.24. The zero-order valence-electron chi connectivity index (χ0n) is 15.1. The van der Waals surface area contributed by atoms with E-state index in [0.717, 1.165) is 27.5 Å². The topological polar surface area (TPSA) is 31.4 Å². The van der Waals surface area contributed by atoms with Crippen LogP contribution in [0.5, 0.6) is 0 Å². The third kappa shape index (κ3) is 2.66. The molecule has 3 aromatic rings. The van der Waals surface area contributed by atoms with Gasteiger partial charge in [-0.2, -0.15) is 0 Å². The lowest BCUT2D eigenvalue weighted by Crippen LogP contribution is -2.41. The molecule has 0 saturated carbocycles. The van der Waals surface area contributed by atoms with Crippen LogP contribution in [0, 0.1) is 0 Å². The van der Waals surface area contributed by atoms with Gasteiger partial charge in [-0.1, -0.05) is 54.6 Å². The Labute approximate surface area is 149 Å². The minimum Gasteiger partial charge on any atom is -0.399 e. The van der Waals surface area contributed by atoms with E-state index in [1.807, 2.05) is 36.5 Å². The second kappa shape index (κ2) is 5.68. The summed E-state index contributed by atoms with van der Waals surface area (Å²) in [6, 6.07) is 18.6. The average Bonchev–Trinajstić information content (AvgIpc) is 2.82. The summed E-state index contributed by atoms with van der Waals surface area (Å²) in [5.41, 5.74) is 2.35. The highest BCUT2D eigenvalue weighted by molar-refractivity contribution is 6.65. The lowest BCUT2D eigenvalue weighted by atomic mass is 9.77. The first-order valence-electron chi connectivity index (χ1n) is 8.68. The van der Waals surface area contributed by atoms with Crippen LogP contribution >= 0.6 is 0 Å². The molecule has 0 unspecified atom stereocenters. The van der Waals surface area contributed by atoms with Crippen LogP contribution in [0.4, 0.5) is 0 Å². The van der Waals surface area contributed by atoms with Crippen molar-refractivity contribution in [3.63, 3.8) is 0 Å². The first-order chi connectivity index (χ1) is 11.9. The van der Waals surface area contributed by atoms with E-state index in [9.17, 15) is 0 Å². The molecule has 1 aliphatic rings. The largest absolute Gasteiger partial charge is 0.497 e. The average molecular weight is 331 g/mol. The molecule has 25 heavy (non-hydrogen) atoms. The Bertz CT molecular complexity index is 906. The van der Waals surface area contributed by atoms with E-state index in [4.69, 9.17) is 14.3 Å². The second-order valence-corrected chi connectivity index (χ2v) is 7.56. The van der Waals surface area contributed by atoms with Crippen LogP contribution in [0.25, 0.3) is 22.0 Å². The molecule has 0 bridgehead atoms. The third-order valence-electron chi connectivity index (χ3n) is 5.38. The minimum atomic E-state index is -0.410. The van der Waals surface area contributed by atoms with E-state index in [2.05, 4.69) is 52.0 Å². The standard InChI is InChI=1S/C21H22BNO2/c1-20(2)21(3,4)25-22(24-20)18-14-23-19(15-10-6-5-7-11-15)17-13-9-8-12-16(17)18/h5-14H,1-4H3. The van der Waals surface area contributed by atoms with Gasteiger partial charge >= 0.3 is 7.12 Å². The molecule has 1 aromatic heterocycles. The summed E-state index contributed by atoms with van der Waals surface area (Å²) in [7, 11) is -0.410. The number of benzene rings is 2. The normalized spacial score (nSPS) is 18.6. The molecule has 3 nitrogen and oxygen atoms in total. The number of pyridine rings is 1. The van der Waals surface area contributed by atoms with Crippen LogP contribution in [0.2, 0.25) is 0 Å². The molecule has 1 aliphatic heterocycles. The molecule has 4 heteroatoms. The van der Waals surface area contributed by atoms with Crippen molar-refractivity contribution in [3.05, 3.63) is 60.8 Å². The summed E-state index contributed by atoms with van der Waals surface area (Å²) in [6.07, 6.45) is 1.90. The lowest BCUT2D eigenvalue weighted by molar-refractivity contribution is 0.00578. The highest BCUT2D eigenvalue weighted by Gasteiger charge is 2.52. The monoisotopic (exact) mass is 331 g/mol. The SMILES string of the molecule is CC1(C)OB(c2cnc(-c3ccccc3)c3ccccc23)OC1(C)C. The first kappa shape index (κ1) is 16.3. The van der Waals surface area contributed by atoms with Crippen molar-refractivity contribution in [1.82, 2.24) is 4.98 Å². The molecule has 0 atom stereocenters. The quantitative estimate of drug-likeness (QED) is 0.660. The molecular formula is C21H22BNO2. The number of fused-ring (bicyclic) bond motifs is 1. The number of nitrogens with zero attached hydrogens (tertiary/aromatic N) is 1. The molecule has 4 rings (SSSR count). The van der Waals surface area contributed by atoms with Gasteiger partial charge in [0.25, 0.3) is 0 Å². The smallest absolute Gasteiger partial charge is 0.399 e. The van der Waals surface area contributed by atoms with Crippen LogP contribution in [-0.2, 0) is 9.31 Å². The van der Waals surface area contributed by atoms with Crippen molar-refractivity contribution in [1.29, 1.82) is 0 Å². The van der Waals surface area contributed by atoms with Gasteiger partial charge in [-0.05, 0) is 33.1 Å². The van der Waals surface area contributed by atoms with Gasteiger partial charge in [0.15, 0.2) is 0 Å². The Kier molecular flexibility index (Phi) is 3.71. The summed E-state index contributed by atoms with van der Waals surface area (Å²) in [4.78, 5) is 4.76. The van der Waals surface area contributed by atoms with E-state index < -0.39 is 7.12 Å². The fourth-order valence-corrected chi connectivity index (χ4v) is 3.20. The van der Waals surface area contributed by atoms with Crippen LogP contribution in [0.1, 0.15) is 27.7 Å². The Morgan fingerprint density at radius 3 is 1.96 bits per heavy atom. The van der Waals surface area contributed by atoms with Crippen LogP contribution in [0.3, 0.4) is 0 Å². The zero-order valence-corrected chi connectivity index (χ0v) is 15.1. The summed E-state index contributed by atoms with van der Waals surface area (Å²) in [5.74, 6) is 0. The van der Waals surface area contributed by atoms with Crippen molar-refractivity contribution in [2.24, 2.45) is 0 Å². The molecule has 0 N–H and O–H groups in total. The minimum absolute atomic E-state index is 0.364. The van der Waals surface area contributed by atoms with Crippen LogP contribution < -0.4 is 5.46 Å². The van der Waals surface area contributed by atoms with Gasteiger partial charge in [-0.3, -0.25) is 4.98 Å². The van der Waals surface area contributed by atoms with E-state index in [1.165, 1.54) is 0 Å². The van der Waals surface area contributed by atoms with Crippen molar-refractivity contribution in [3.8, 4) is 11.3 Å². The fourth-order valence-electron chi connectivity index (χ4n) is 3.20. The summed E-state index contributed by atoms with van der Waals surface area (Å²) in [6.45, 7) is 8.28. The highest BCUT2D eigenvalue weighted by Crippen LogP contribution is 2.37. The van der Waals surface area contributed by atoms with E-state index in [1.54, 1.807) is 0 Å². The molecular weight excluding hydrogens is 309 g/mol. The zero-order chi connectivity index (χ0) is 17.7. The Balaban J connectivity index is 1.86. The first-order valence-corrected chi connectivity index (χ1v) is 8.68. The second-order valence-electron chi connectivity index (χ2n) is 7.56. The molecule has 1 saturated heterocycles. The third-order valence-corrected chi connectivity index (χ3v) is 5.38. The van der Waals surface area contributed by atoms with E-state index in [0.29, 0.717) is 0 Å². The predicted molar refractivity (Wildman–Crippen MR) is 103 cm³/mol. The van der Waals surface area contributed by atoms with Crippen molar-refractivity contribution >= 4 is 23.4 Å². The molecule has 0 spiro atoms. The van der Waals surface area contributed by atoms with Gasteiger partial charge in [-0.15, -0.1) is 0 Å². The van der Waals surface area contributed by atoms with Gasteiger partial charge in [0.1, 0.15) is 0 Å². The molecule has 2 aromatic carbocycles. The molecule has 2 heterocycles. The Morgan fingerprint density at radius 1 is 0.760 bits per heavy atom. The summed E-state index contributed by atoms with van der Waals surface area (Å²) in [5, 5.41) is 2.23. The maximum atomic E-state index is 6.24. The fraction of sp³-hybridized carbons (Fsp3) is 0.286. The van der Waals surface area contributed by atoms with Gasteiger partial charge in [0.05, 0.1) is 16.9 Å². The number of rotatable bonds is 2. The molecule has 0 amide bonds. The predicted octanol–water partition coefficient (Wildman–Crippen LogP) is 4.20. The number of hydrogen-bond acceptors (Lipinski definition) is 3. The van der Waals surface area contributed by atoms with Gasteiger partial charge in [0.2, 0.25) is 0 Å². The van der Waals surface area contributed by atoms with Crippen LogP contribution in [0.15, 0.2) is 60.8 Å². The number of hydrogen-bond donors (Lipinski definition) is 0. The van der Waals surface area contributed by atoms with E-state index >= 15 is 0 Å².